The summed E-state index contributed by atoms with van der Waals surface area (Å²) >= 11 is 0. The van der Waals surface area contributed by atoms with Gasteiger partial charge in [0.15, 0.2) is 0 Å². The van der Waals surface area contributed by atoms with E-state index in [1.165, 1.54) is 0 Å². The third-order valence-corrected chi connectivity index (χ3v) is 2.33. The first-order valence-electron chi connectivity index (χ1n) is 5.16. The van der Waals surface area contributed by atoms with Crippen molar-refractivity contribution in [1.29, 1.82) is 0 Å². The Kier molecular flexibility index (Phi) is 4.09. The Labute approximate surface area is 90.3 Å². The maximum atomic E-state index is 12.0. The molecule has 0 bridgehead atoms. The fourth-order valence-electron chi connectivity index (χ4n) is 1.46. The lowest BCUT2D eigenvalue weighted by atomic mass is 10.2. The Morgan fingerprint density at radius 1 is 1.47 bits per heavy atom. The number of pyridine rings is 1. The molecule has 0 aliphatic rings. The van der Waals surface area contributed by atoms with Crippen molar-refractivity contribution in [2.75, 3.05) is 25.5 Å². The third kappa shape index (κ3) is 2.46. The van der Waals surface area contributed by atoms with E-state index in [1.807, 2.05) is 13.8 Å². The second-order valence-corrected chi connectivity index (χ2v) is 3.13. The molecular formula is C11H17N3O. The van der Waals surface area contributed by atoms with Crippen LogP contribution in [0.1, 0.15) is 24.2 Å². The number of hydrogen-bond acceptors (Lipinski definition) is 3. The number of anilines is 1. The molecule has 1 rings (SSSR count). The van der Waals surface area contributed by atoms with E-state index < -0.39 is 0 Å². The van der Waals surface area contributed by atoms with Crippen molar-refractivity contribution in [3.05, 3.63) is 23.9 Å². The van der Waals surface area contributed by atoms with Crippen molar-refractivity contribution in [2.45, 2.75) is 13.8 Å². The standard InChI is InChI=1S/C11H17N3O/c1-4-14(5-2)11(15)9-7-6-8-13-10(9)12-3/h6-8H,4-5H2,1-3H3,(H,12,13). The Morgan fingerprint density at radius 2 is 2.13 bits per heavy atom. The van der Waals surface area contributed by atoms with E-state index in [9.17, 15) is 4.79 Å². The van der Waals surface area contributed by atoms with Crippen LogP contribution in [-0.4, -0.2) is 35.9 Å². The lowest BCUT2D eigenvalue weighted by Gasteiger charge is -2.19. The van der Waals surface area contributed by atoms with Crippen molar-refractivity contribution in [3.63, 3.8) is 0 Å². The molecule has 0 spiro atoms. The molecule has 0 atom stereocenters. The number of nitrogens with zero attached hydrogens (tertiary/aromatic N) is 2. The highest BCUT2D eigenvalue weighted by molar-refractivity contribution is 5.98. The smallest absolute Gasteiger partial charge is 0.257 e. The summed E-state index contributed by atoms with van der Waals surface area (Å²) in [6.45, 7) is 5.37. The Bertz CT molecular complexity index is 334. The summed E-state index contributed by atoms with van der Waals surface area (Å²) in [5, 5.41) is 2.92. The fourth-order valence-corrected chi connectivity index (χ4v) is 1.46. The second kappa shape index (κ2) is 5.34. The van der Waals surface area contributed by atoms with Gasteiger partial charge in [-0.2, -0.15) is 0 Å². The second-order valence-electron chi connectivity index (χ2n) is 3.13. The van der Waals surface area contributed by atoms with E-state index in [1.54, 1.807) is 30.3 Å². The number of nitrogens with one attached hydrogen (secondary N) is 1. The van der Waals surface area contributed by atoms with Gasteiger partial charge in [0.25, 0.3) is 5.91 Å². The summed E-state index contributed by atoms with van der Waals surface area (Å²) < 4.78 is 0. The van der Waals surface area contributed by atoms with Crippen molar-refractivity contribution in [3.8, 4) is 0 Å². The van der Waals surface area contributed by atoms with E-state index in [2.05, 4.69) is 10.3 Å². The molecule has 0 aromatic carbocycles. The van der Waals surface area contributed by atoms with E-state index in [4.69, 9.17) is 0 Å². The van der Waals surface area contributed by atoms with Gasteiger partial charge in [0.05, 0.1) is 5.56 Å². The SMILES string of the molecule is CCN(CC)C(=O)c1cccnc1NC. The number of aromatic nitrogens is 1. The van der Waals surface area contributed by atoms with Crippen LogP contribution >= 0.6 is 0 Å². The van der Waals surface area contributed by atoms with Gasteiger partial charge < -0.3 is 10.2 Å². The van der Waals surface area contributed by atoms with Crippen molar-refractivity contribution in [1.82, 2.24) is 9.88 Å². The van der Waals surface area contributed by atoms with Gasteiger partial charge in [0.2, 0.25) is 0 Å². The molecule has 4 heteroatoms. The van der Waals surface area contributed by atoms with Gasteiger partial charge in [-0.15, -0.1) is 0 Å². The van der Waals surface area contributed by atoms with Crippen LogP contribution in [0.3, 0.4) is 0 Å². The summed E-state index contributed by atoms with van der Waals surface area (Å²) in [5.41, 5.74) is 0.628. The number of amides is 1. The summed E-state index contributed by atoms with van der Waals surface area (Å²) in [6.07, 6.45) is 1.67. The molecule has 82 valence electrons. The third-order valence-electron chi connectivity index (χ3n) is 2.33. The minimum atomic E-state index is 0.0254. The van der Waals surface area contributed by atoms with Gasteiger partial charge in [-0.1, -0.05) is 0 Å². The predicted octanol–water partition coefficient (Wildman–Crippen LogP) is 1.61. The molecule has 0 radical (unpaired) electrons. The van der Waals surface area contributed by atoms with Crippen molar-refractivity contribution >= 4 is 11.7 Å². The molecule has 1 amide bonds. The molecule has 0 saturated carbocycles. The zero-order valence-electron chi connectivity index (χ0n) is 9.45. The minimum absolute atomic E-state index is 0.0254. The van der Waals surface area contributed by atoms with E-state index >= 15 is 0 Å². The first-order chi connectivity index (χ1) is 7.24. The van der Waals surface area contributed by atoms with Gasteiger partial charge in [0, 0.05) is 26.3 Å². The molecule has 1 N–H and O–H groups in total. The van der Waals surface area contributed by atoms with Crippen LogP contribution in [0, 0.1) is 0 Å². The predicted molar refractivity (Wildman–Crippen MR) is 61.0 cm³/mol. The Balaban J connectivity index is 2.99. The van der Waals surface area contributed by atoms with Gasteiger partial charge in [-0.3, -0.25) is 4.79 Å². The molecular weight excluding hydrogens is 190 g/mol. The summed E-state index contributed by atoms with van der Waals surface area (Å²) in [7, 11) is 1.77. The van der Waals surface area contributed by atoms with Crippen LogP contribution in [-0.2, 0) is 0 Å². The molecule has 1 aromatic heterocycles. The highest BCUT2D eigenvalue weighted by Gasteiger charge is 2.15. The number of carbonyl (C=O) groups is 1. The van der Waals surface area contributed by atoms with Crippen molar-refractivity contribution < 1.29 is 4.79 Å². The average molecular weight is 207 g/mol. The monoisotopic (exact) mass is 207 g/mol. The summed E-state index contributed by atoms with van der Waals surface area (Å²) in [5.74, 6) is 0.659. The molecule has 1 heterocycles. The van der Waals surface area contributed by atoms with Crippen LogP contribution in [0.4, 0.5) is 5.82 Å². The normalized spacial score (nSPS) is 9.80. The zero-order valence-corrected chi connectivity index (χ0v) is 9.45. The van der Waals surface area contributed by atoms with E-state index in [0.717, 1.165) is 0 Å². The molecule has 0 aliphatic heterocycles. The Morgan fingerprint density at radius 3 is 2.67 bits per heavy atom. The topological polar surface area (TPSA) is 45.2 Å². The van der Waals surface area contributed by atoms with Crippen molar-refractivity contribution in [2.24, 2.45) is 0 Å². The van der Waals surface area contributed by atoms with E-state index in [-0.39, 0.29) is 5.91 Å². The quantitative estimate of drug-likeness (QED) is 0.815. The Hall–Kier alpha value is -1.58. The molecule has 0 aliphatic carbocycles. The van der Waals surface area contributed by atoms with Gasteiger partial charge in [-0.25, -0.2) is 4.98 Å². The van der Waals surface area contributed by atoms with Gasteiger partial charge in [-0.05, 0) is 26.0 Å². The molecule has 1 aromatic rings. The molecule has 0 unspecified atom stereocenters. The number of carbonyl (C=O) groups excluding carboxylic acids is 1. The highest BCUT2D eigenvalue weighted by Crippen LogP contribution is 2.13. The number of hydrogen-bond donors (Lipinski definition) is 1. The van der Waals surface area contributed by atoms with Gasteiger partial charge >= 0.3 is 0 Å². The minimum Gasteiger partial charge on any atom is -0.372 e. The van der Waals surface area contributed by atoms with Crippen LogP contribution in [0.15, 0.2) is 18.3 Å². The summed E-state index contributed by atoms with van der Waals surface area (Å²) in [4.78, 5) is 17.9. The first kappa shape index (κ1) is 11.5. The highest BCUT2D eigenvalue weighted by atomic mass is 16.2. The largest absolute Gasteiger partial charge is 0.372 e. The lowest BCUT2D eigenvalue weighted by Crippen LogP contribution is -2.31. The molecule has 4 nitrogen and oxygen atoms in total. The molecule has 0 saturated heterocycles. The maximum absolute atomic E-state index is 12.0. The van der Waals surface area contributed by atoms with Crippen LogP contribution < -0.4 is 5.32 Å². The molecule has 15 heavy (non-hydrogen) atoms. The van der Waals surface area contributed by atoms with Crippen LogP contribution in [0.2, 0.25) is 0 Å². The molecule has 0 fully saturated rings. The summed E-state index contributed by atoms with van der Waals surface area (Å²) in [6, 6.07) is 3.57. The fraction of sp³-hybridized carbons (Fsp3) is 0.455. The van der Waals surface area contributed by atoms with Crippen LogP contribution in [0.5, 0.6) is 0 Å². The zero-order chi connectivity index (χ0) is 11.3. The van der Waals surface area contributed by atoms with Gasteiger partial charge in [0.1, 0.15) is 5.82 Å². The number of rotatable bonds is 4. The van der Waals surface area contributed by atoms with Crippen LogP contribution in [0.25, 0.3) is 0 Å². The average Bonchev–Trinajstić information content (AvgIpc) is 2.30. The lowest BCUT2D eigenvalue weighted by molar-refractivity contribution is 0.0773. The maximum Gasteiger partial charge on any atom is 0.257 e. The van der Waals surface area contributed by atoms with E-state index in [0.29, 0.717) is 24.5 Å². The first-order valence-corrected chi connectivity index (χ1v) is 5.16.